The molecule has 11 rings (SSSR count). The van der Waals surface area contributed by atoms with E-state index >= 15 is 0 Å². The van der Waals surface area contributed by atoms with Crippen molar-refractivity contribution in [2.24, 2.45) is 0 Å². The summed E-state index contributed by atoms with van der Waals surface area (Å²) in [5.74, 6) is 0.719. The Kier molecular flexibility index (Phi) is 7.33. The molecule has 1 aromatic heterocycles. The van der Waals surface area contributed by atoms with Gasteiger partial charge in [0, 0.05) is 22.1 Å². The van der Waals surface area contributed by atoms with Gasteiger partial charge in [-0.1, -0.05) is 182 Å². The smallest absolute Gasteiger partial charge is 0.161 e. The van der Waals surface area contributed by atoms with Gasteiger partial charge in [0.15, 0.2) is 5.82 Å². The second-order valence-corrected chi connectivity index (χ2v) is 15.1. The Balaban J connectivity index is 1.17. The Labute approximate surface area is 326 Å². The van der Waals surface area contributed by atoms with Crippen LogP contribution in [-0.2, 0) is 5.41 Å². The average Bonchev–Trinajstić information content (AvgIpc) is 3.54. The SMILES string of the molecule is CC1(c2ccccc2)c2ccccc2-c2ccc(-c3cc(-c4ccc(-c5ccccc5)cc4)nc(-c4c5ccccc5cc5c4ccc4ccccc45)n3)cc21. The lowest BCUT2D eigenvalue weighted by Gasteiger charge is -2.28. The second kappa shape index (κ2) is 12.7. The summed E-state index contributed by atoms with van der Waals surface area (Å²) in [4.78, 5) is 11.0. The van der Waals surface area contributed by atoms with Crippen LogP contribution < -0.4 is 0 Å². The maximum absolute atomic E-state index is 5.53. The summed E-state index contributed by atoms with van der Waals surface area (Å²) in [7, 11) is 0. The van der Waals surface area contributed by atoms with Gasteiger partial charge in [-0.05, 0) is 96.4 Å². The first-order chi connectivity index (χ1) is 27.6. The van der Waals surface area contributed by atoms with Crippen LogP contribution in [0.2, 0.25) is 0 Å². The van der Waals surface area contributed by atoms with Crippen LogP contribution in [0.3, 0.4) is 0 Å². The summed E-state index contributed by atoms with van der Waals surface area (Å²) in [6.45, 7) is 2.37. The first-order valence-electron chi connectivity index (χ1n) is 19.3. The zero-order valence-electron chi connectivity index (χ0n) is 30.9. The third-order valence-electron chi connectivity index (χ3n) is 12.0. The van der Waals surface area contributed by atoms with Crippen molar-refractivity contribution in [3.05, 3.63) is 217 Å². The van der Waals surface area contributed by atoms with Crippen LogP contribution >= 0.6 is 0 Å². The monoisotopic (exact) mass is 712 g/mol. The molecule has 10 aromatic rings. The van der Waals surface area contributed by atoms with E-state index < -0.39 is 0 Å². The van der Waals surface area contributed by atoms with Crippen molar-refractivity contribution in [3.8, 4) is 56.2 Å². The van der Waals surface area contributed by atoms with Gasteiger partial charge < -0.3 is 0 Å². The third kappa shape index (κ3) is 5.03. The van der Waals surface area contributed by atoms with E-state index in [-0.39, 0.29) is 5.41 Å². The molecule has 0 saturated carbocycles. The number of nitrogens with zero attached hydrogens (tertiary/aromatic N) is 2. The fraction of sp³-hybridized carbons (Fsp3) is 0.0370. The Bertz CT molecular complexity index is 3130. The Morgan fingerprint density at radius 3 is 1.75 bits per heavy atom. The lowest BCUT2D eigenvalue weighted by atomic mass is 9.74. The lowest BCUT2D eigenvalue weighted by molar-refractivity contribution is 0.714. The van der Waals surface area contributed by atoms with E-state index in [4.69, 9.17) is 9.97 Å². The van der Waals surface area contributed by atoms with E-state index in [1.165, 1.54) is 60.5 Å². The first kappa shape index (κ1) is 32.3. The average molecular weight is 713 g/mol. The molecule has 1 atom stereocenters. The molecule has 262 valence electrons. The maximum Gasteiger partial charge on any atom is 0.161 e. The number of fused-ring (bicyclic) bond motifs is 7. The van der Waals surface area contributed by atoms with Crippen LogP contribution in [0.4, 0.5) is 0 Å². The van der Waals surface area contributed by atoms with Crippen molar-refractivity contribution in [1.82, 2.24) is 9.97 Å². The molecule has 0 N–H and O–H groups in total. The summed E-state index contributed by atoms with van der Waals surface area (Å²) < 4.78 is 0. The molecule has 2 heteroatoms. The quantitative estimate of drug-likeness (QED) is 0.131. The van der Waals surface area contributed by atoms with E-state index in [0.717, 1.165) is 44.7 Å². The van der Waals surface area contributed by atoms with Crippen molar-refractivity contribution in [2.45, 2.75) is 12.3 Å². The van der Waals surface area contributed by atoms with Crippen molar-refractivity contribution >= 4 is 32.3 Å². The van der Waals surface area contributed by atoms with Crippen molar-refractivity contribution in [3.63, 3.8) is 0 Å². The van der Waals surface area contributed by atoms with Crippen LogP contribution in [-0.4, -0.2) is 9.97 Å². The fourth-order valence-electron chi connectivity index (χ4n) is 9.11. The Morgan fingerprint density at radius 1 is 0.357 bits per heavy atom. The number of benzene rings is 9. The van der Waals surface area contributed by atoms with E-state index in [2.05, 4.69) is 207 Å². The molecule has 0 saturated heterocycles. The summed E-state index contributed by atoms with van der Waals surface area (Å²) in [6.07, 6.45) is 0. The molecule has 1 heterocycles. The topological polar surface area (TPSA) is 25.8 Å². The molecule has 0 aliphatic heterocycles. The van der Waals surface area contributed by atoms with Crippen LogP contribution in [0.5, 0.6) is 0 Å². The minimum absolute atomic E-state index is 0.317. The Morgan fingerprint density at radius 2 is 0.946 bits per heavy atom. The molecule has 0 radical (unpaired) electrons. The predicted octanol–water partition coefficient (Wildman–Crippen LogP) is 13.9. The number of rotatable bonds is 5. The number of hydrogen-bond donors (Lipinski definition) is 0. The molecule has 0 spiro atoms. The molecular formula is C54H36N2. The summed E-state index contributed by atoms with van der Waals surface area (Å²) in [6, 6.07) is 72.3. The van der Waals surface area contributed by atoms with Gasteiger partial charge >= 0.3 is 0 Å². The van der Waals surface area contributed by atoms with Gasteiger partial charge in [-0.15, -0.1) is 0 Å². The molecule has 9 aromatic carbocycles. The zero-order chi connectivity index (χ0) is 37.2. The summed E-state index contributed by atoms with van der Waals surface area (Å²) in [5, 5.41) is 7.10. The van der Waals surface area contributed by atoms with Gasteiger partial charge in [-0.3, -0.25) is 0 Å². The van der Waals surface area contributed by atoms with Crippen LogP contribution in [0, 0.1) is 0 Å². The molecule has 2 nitrogen and oxygen atoms in total. The minimum Gasteiger partial charge on any atom is -0.228 e. The first-order valence-corrected chi connectivity index (χ1v) is 19.3. The lowest BCUT2D eigenvalue weighted by Crippen LogP contribution is -2.22. The largest absolute Gasteiger partial charge is 0.228 e. The van der Waals surface area contributed by atoms with Crippen molar-refractivity contribution in [2.75, 3.05) is 0 Å². The highest BCUT2D eigenvalue weighted by Crippen LogP contribution is 2.53. The highest BCUT2D eigenvalue weighted by molar-refractivity contribution is 6.19. The molecule has 1 unspecified atom stereocenters. The van der Waals surface area contributed by atoms with Crippen LogP contribution in [0.15, 0.2) is 200 Å². The third-order valence-corrected chi connectivity index (χ3v) is 12.0. The number of aromatic nitrogens is 2. The summed E-state index contributed by atoms with van der Waals surface area (Å²) >= 11 is 0. The molecule has 1 aliphatic carbocycles. The molecule has 56 heavy (non-hydrogen) atoms. The zero-order valence-corrected chi connectivity index (χ0v) is 30.9. The highest BCUT2D eigenvalue weighted by atomic mass is 14.9. The Hall–Kier alpha value is -7.16. The van der Waals surface area contributed by atoms with Gasteiger partial charge in [0.2, 0.25) is 0 Å². The van der Waals surface area contributed by atoms with Gasteiger partial charge in [-0.25, -0.2) is 9.97 Å². The second-order valence-electron chi connectivity index (χ2n) is 15.1. The van der Waals surface area contributed by atoms with Gasteiger partial charge in [0.05, 0.1) is 11.4 Å². The normalized spacial score (nSPS) is 14.6. The van der Waals surface area contributed by atoms with E-state index in [1.54, 1.807) is 0 Å². The van der Waals surface area contributed by atoms with Crippen LogP contribution in [0.1, 0.15) is 23.6 Å². The molecule has 1 aliphatic rings. The maximum atomic E-state index is 5.53. The van der Waals surface area contributed by atoms with Crippen molar-refractivity contribution < 1.29 is 0 Å². The van der Waals surface area contributed by atoms with Crippen molar-refractivity contribution in [1.29, 1.82) is 0 Å². The molecule has 0 amide bonds. The number of hydrogen-bond acceptors (Lipinski definition) is 2. The standard InChI is InChI=1S/C54H36N2/c1-54(41-18-6-3-7-19-41)48-23-13-12-22-44(48)45-30-29-40(33-49(45)54)51-34-50(38-26-24-36(25-27-38)35-14-4-2-5-15-35)55-53(56-51)52-43-21-11-9-17-39(43)32-47-42-20-10-8-16-37(42)28-31-46(47)52/h2-34H,1H3. The van der Waals surface area contributed by atoms with Crippen LogP contribution in [0.25, 0.3) is 88.5 Å². The van der Waals surface area contributed by atoms with Gasteiger partial charge in [0.25, 0.3) is 0 Å². The van der Waals surface area contributed by atoms with E-state index in [9.17, 15) is 0 Å². The predicted molar refractivity (Wildman–Crippen MR) is 234 cm³/mol. The fourth-order valence-corrected chi connectivity index (χ4v) is 9.11. The highest BCUT2D eigenvalue weighted by Gasteiger charge is 2.40. The summed E-state index contributed by atoms with van der Waals surface area (Å²) in [5.41, 5.74) is 13.5. The molecular weight excluding hydrogens is 677 g/mol. The molecule has 0 fully saturated rings. The molecule has 0 bridgehead atoms. The van der Waals surface area contributed by atoms with Gasteiger partial charge in [-0.2, -0.15) is 0 Å². The van der Waals surface area contributed by atoms with Gasteiger partial charge in [0.1, 0.15) is 0 Å². The van der Waals surface area contributed by atoms with E-state index in [0.29, 0.717) is 0 Å². The minimum atomic E-state index is -0.317. The van der Waals surface area contributed by atoms with E-state index in [1.807, 2.05) is 0 Å².